The Morgan fingerprint density at radius 2 is 1.81 bits per heavy atom. The Morgan fingerprint density at radius 3 is 2.45 bits per heavy atom. The van der Waals surface area contributed by atoms with Crippen LogP contribution in [-0.2, 0) is 15.0 Å². The van der Waals surface area contributed by atoms with Crippen LogP contribution in [0.15, 0.2) is 42.5 Å². The molecule has 0 radical (unpaired) electrons. The number of aliphatic hydroxyl groups excluding tert-OH is 1. The molecule has 1 N–H and O–H groups in total. The molecule has 4 rings (SSSR count). The van der Waals surface area contributed by atoms with Crippen molar-refractivity contribution in [3.8, 4) is 5.75 Å². The first-order chi connectivity index (χ1) is 14.4. The maximum Gasteiger partial charge on any atom is 0.327 e. The summed E-state index contributed by atoms with van der Waals surface area (Å²) >= 11 is 6.25. The standard InChI is InChI=1S/C23H25ClN2O4.ClH/c1-16-2-4-17(5-3-16)23(19-14-18(24)6-7-20(19)30-22(23)29)15-21(28)26-10-8-25(9-11-26)12-13-27;/h2-7,14,27H,8-13,15H2,1H3;1H. The second-order valence-electron chi connectivity index (χ2n) is 7.92. The van der Waals surface area contributed by atoms with Crippen molar-refractivity contribution in [2.45, 2.75) is 18.8 Å². The van der Waals surface area contributed by atoms with Crippen molar-refractivity contribution in [2.24, 2.45) is 0 Å². The van der Waals surface area contributed by atoms with Gasteiger partial charge in [0.15, 0.2) is 0 Å². The van der Waals surface area contributed by atoms with Gasteiger partial charge in [-0.3, -0.25) is 14.5 Å². The normalized spacial score (nSPS) is 20.7. The maximum atomic E-state index is 13.3. The minimum Gasteiger partial charge on any atom is -0.425 e. The predicted molar refractivity (Wildman–Crippen MR) is 121 cm³/mol. The van der Waals surface area contributed by atoms with E-state index < -0.39 is 11.4 Å². The molecule has 1 fully saturated rings. The highest BCUT2D eigenvalue weighted by Gasteiger charge is 2.52. The Balaban J connectivity index is 0.00000272. The quantitative estimate of drug-likeness (QED) is 0.544. The number of aryl methyl sites for hydroxylation is 1. The van der Waals surface area contributed by atoms with Gasteiger partial charge in [0.05, 0.1) is 13.0 Å². The molecule has 166 valence electrons. The van der Waals surface area contributed by atoms with E-state index in [0.717, 1.165) is 11.1 Å². The zero-order valence-electron chi connectivity index (χ0n) is 17.3. The molecule has 2 heterocycles. The first-order valence-electron chi connectivity index (χ1n) is 10.1. The lowest BCUT2D eigenvalue weighted by Crippen LogP contribution is -2.51. The highest BCUT2D eigenvalue weighted by molar-refractivity contribution is 6.30. The number of β-amino-alcohol motifs (C(OH)–C–C–N with tert-alkyl or cyclic N) is 1. The smallest absolute Gasteiger partial charge is 0.327 e. The maximum absolute atomic E-state index is 13.3. The number of aliphatic hydroxyl groups is 1. The molecule has 2 aromatic rings. The molecule has 0 spiro atoms. The van der Waals surface area contributed by atoms with Crippen molar-refractivity contribution in [1.29, 1.82) is 0 Å². The molecule has 0 aliphatic carbocycles. The third-order valence-electron chi connectivity index (χ3n) is 6.05. The summed E-state index contributed by atoms with van der Waals surface area (Å²) in [4.78, 5) is 30.5. The Morgan fingerprint density at radius 1 is 1.13 bits per heavy atom. The van der Waals surface area contributed by atoms with Gasteiger partial charge < -0.3 is 14.7 Å². The number of benzene rings is 2. The summed E-state index contributed by atoms with van der Waals surface area (Å²) in [7, 11) is 0. The van der Waals surface area contributed by atoms with Gasteiger partial charge in [-0.1, -0.05) is 41.4 Å². The highest BCUT2D eigenvalue weighted by Crippen LogP contribution is 2.48. The number of carbonyl (C=O) groups excluding carboxylic acids is 2. The summed E-state index contributed by atoms with van der Waals surface area (Å²) in [6.45, 7) is 5.24. The van der Waals surface area contributed by atoms with Gasteiger partial charge in [-0.15, -0.1) is 12.4 Å². The van der Waals surface area contributed by atoms with Gasteiger partial charge >= 0.3 is 5.97 Å². The van der Waals surface area contributed by atoms with Crippen LogP contribution < -0.4 is 4.74 Å². The van der Waals surface area contributed by atoms with Crippen molar-refractivity contribution < 1.29 is 19.4 Å². The van der Waals surface area contributed by atoms with Gasteiger partial charge in [-0.25, -0.2) is 0 Å². The molecule has 0 saturated carbocycles. The van der Waals surface area contributed by atoms with E-state index in [-0.39, 0.29) is 31.3 Å². The second kappa shape index (κ2) is 9.57. The van der Waals surface area contributed by atoms with E-state index in [0.29, 0.717) is 49.1 Å². The van der Waals surface area contributed by atoms with Crippen molar-refractivity contribution in [3.63, 3.8) is 0 Å². The highest BCUT2D eigenvalue weighted by atomic mass is 35.5. The van der Waals surface area contributed by atoms with Crippen LogP contribution in [0.1, 0.15) is 23.1 Å². The van der Waals surface area contributed by atoms with Gasteiger partial charge in [-0.2, -0.15) is 0 Å². The summed E-state index contributed by atoms with van der Waals surface area (Å²) < 4.78 is 5.60. The third-order valence-corrected chi connectivity index (χ3v) is 6.29. The summed E-state index contributed by atoms with van der Waals surface area (Å²) in [5, 5.41) is 9.62. The van der Waals surface area contributed by atoms with Crippen LogP contribution >= 0.6 is 24.0 Å². The number of rotatable bonds is 5. The minimum absolute atomic E-state index is 0. The fourth-order valence-corrected chi connectivity index (χ4v) is 4.48. The Labute approximate surface area is 193 Å². The number of piperazine rings is 1. The van der Waals surface area contributed by atoms with Crippen molar-refractivity contribution in [2.75, 3.05) is 39.3 Å². The zero-order valence-corrected chi connectivity index (χ0v) is 18.9. The molecule has 2 aliphatic heterocycles. The molecule has 1 amide bonds. The van der Waals surface area contributed by atoms with Gasteiger partial charge in [0.1, 0.15) is 11.2 Å². The monoisotopic (exact) mass is 464 g/mol. The van der Waals surface area contributed by atoms with Crippen LogP contribution in [0.4, 0.5) is 0 Å². The summed E-state index contributed by atoms with van der Waals surface area (Å²) in [6.07, 6.45) is -0.0117. The number of nitrogens with zero attached hydrogens (tertiary/aromatic N) is 2. The van der Waals surface area contributed by atoms with Gasteiger partial charge in [0, 0.05) is 43.3 Å². The molecule has 6 nitrogen and oxygen atoms in total. The zero-order chi connectivity index (χ0) is 21.3. The molecule has 8 heteroatoms. The number of halogens is 2. The largest absolute Gasteiger partial charge is 0.425 e. The number of esters is 1. The average Bonchev–Trinajstić information content (AvgIpc) is 3.01. The molecule has 1 saturated heterocycles. The fraction of sp³-hybridized carbons (Fsp3) is 0.391. The molecule has 1 unspecified atom stereocenters. The van der Waals surface area contributed by atoms with E-state index in [4.69, 9.17) is 21.4 Å². The van der Waals surface area contributed by atoms with E-state index in [1.165, 1.54) is 0 Å². The predicted octanol–water partition coefficient (Wildman–Crippen LogP) is 2.80. The molecular weight excluding hydrogens is 439 g/mol. The third kappa shape index (κ3) is 4.44. The average molecular weight is 465 g/mol. The minimum atomic E-state index is -1.22. The van der Waals surface area contributed by atoms with E-state index in [2.05, 4.69) is 4.90 Å². The molecule has 2 aliphatic rings. The summed E-state index contributed by atoms with van der Waals surface area (Å²) in [5.41, 5.74) is 1.22. The number of hydrogen-bond acceptors (Lipinski definition) is 5. The molecule has 2 aromatic carbocycles. The lowest BCUT2D eigenvalue weighted by Gasteiger charge is -2.36. The van der Waals surface area contributed by atoms with Crippen molar-refractivity contribution in [3.05, 3.63) is 64.2 Å². The van der Waals surface area contributed by atoms with Crippen molar-refractivity contribution in [1.82, 2.24) is 9.80 Å². The van der Waals surface area contributed by atoms with Gasteiger partial charge in [0.25, 0.3) is 0 Å². The van der Waals surface area contributed by atoms with E-state index in [9.17, 15) is 9.59 Å². The van der Waals surface area contributed by atoms with Crippen LogP contribution in [-0.4, -0.2) is 66.1 Å². The van der Waals surface area contributed by atoms with E-state index >= 15 is 0 Å². The summed E-state index contributed by atoms with van der Waals surface area (Å²) in [5.74, 6) is -0.0922. The molecule has 31 heavy (non-hydrogen) atoms. The van der Waals surface area contributed by atoms with E-state index in [1.807, 2.05) is 31.2 Å². The Bertz CT molecular complexity index is 959. The first kappa shape index (κ1) is 23.5. The Kier molecular flexibility index (Phi) is 7.27. The Hall–Kier alpha value is -2.12. The number of ether oxygens (including phenoxy) is 1. The van der Waals surface area contributed by atoms with Crippen LogP contribution in [0.25, 0.3) is 0 Å². The SMILES string of the molecule is Cc1ccc(C2(CC(=O)N3CCN(CCO)CC3)C(=O)Oc3ccc(Cl)cc32)cc1.Cl. The molecule has 1 atom stereocenters. The van der Waals surface area contributed by atoms with E-state index in [1.54, 1.807) is 23.1 Å². The van der Waals surface area contributed by atoms with Gasteiger partial charge in [-0.05, 0) is 30.7 Å². The fourth-order valence-electron chi connectivity index (χ4n) is 4.30. The number of fused-ring (bicyclic) bond motifs is 1. The molecular formula is C23H26Cl2N2O4. The van der Waals surface area contributed by atoms with Gasteiger partial charge in [0.2, 0.25) is 5.91 Å². The van der Waals surface area contributed by atoms with Crippen LogP contribution in [0.5, 0.6) is 5.75 Å². The summed E-state index contributed by atoms with van der Waals surface area (Å²) in [6, 6.07) is 12.7. The first-order valence-corrected chi connectivity index (χ1v) is 10.5. The lowest BCUT2D eigenvalue weighted by molar-refractivity contribution is -0.142. The second-order valence-corrected chi connectivity index (χ2v) is 8.36. The number of amides is 1. The molecule has 0 aromatic heterocycles. The molecule has 0 bridgehead atoms. The van der Waals surface area contributed by atoms with Crippen LogP contribution in [0.2, 0.25) is 5.02 Å². The van der Waals surface area contributed by atoms with Crippen molar-refractivity contribution >= 4 is 35.9 Å². The topological polar surface area (TPSA) is 70.1 Å². The number of hydrogen-bond donors (Lipinski definition) is 1. The van der Waals surface area contributed by atoms with Crippen LogP contribution in [0, 0.1) is 6.92 Å². The number of carbonyl (C=O) groups is 2. The lowest BCUT2D eigenvalue weighted by atomic mass is 9.72. The van der Waals surface area contributed by atoms with Crippen LogP contribution in [0.3, 0.4) is 0 Å².